The van der Waals surface area contributed by atoms with Gasteiger partial charge in [-0.3, -0.25) is 4.79 Å². The Bertz CT molecular complexity index is 308. The van der Waals surface area contributed by atoms with Gasteiger partial charge < -0.3 is 5.73 Å². The van der Waals surface area contributed by atoms with Gasteiger partial charge in [0.2, 0.25) is 5.91 Å². The molecular formula is C8H8F7NO. The van der Waals surface area contributed by atoms with Crippen LogP contribution in [0.5, 0.6) is 0 Å². The molecule has 1 rings (SSSR count). The highest BCUT2D eigenvalue weighted by molar-refractivity contribution is 5.94. The summed E-state index contributed by atoms with van der Waals surface area (Å²) in [6.07, 6.45) is 0. The molecule has 1 amide bonds. The summed E-state index contributed by atoms with van der Waals surface area (Å²) < 4.78 is 60.5. The van der Waals surface area contributed by atoms with Crippen LogP contribution in [0.2, 0.25) is 0 Å². The molecule has 0 spiro atoms. The second-order valence-corrected chi connectivity index (χ2v) is 2.32. The summed E-state index contributed by atoms with van der Waals surface area (Å²) in [5.41, 5.74) is 5.91. The fourth-order valence-electron chi connectivity index (χ4n) is 0.860. The monoisotopic (exact) mass is 267 g/mol. The zero-order valence-corrected chi connectivity index (χ0v) is 8.36. The van der Waals surface area contributed by atoms with E-state index in [0.717, 1.165) is 6.07 Å². The molecule has 17 heavy (non-hydrogen) atoms. The Labute approximate surface area is 91.4 Å². The number of primary amides is 1. The van der Waals surface area contributed by atoms with Gasteiger partial charge in [0.15, 0.2) is 0 Å². The lowest BCUT2D eigenvalue weighted by molar-refractivity contribution is 0.0999. The van der Waals surface area contributed by atoms with Gasteiger partial charge in [0.25, 0.3) is 0 Å². The largest absolute Gasteiger partial charge is 0.366 e. The van der Waals surface area contributed by atoms with E-state index in [1.807, 2.05) is 0 Å². The average Bonchev–Trinajstić information content (AvgIpc) is 2.39. The SMILES string of the molecule is Cc1ccc(F)cc1C(N)=O.FF.FF.FF. The first-order valence-electron chi connectivity index (χ1n) is 3.60. The van der Waals surface area contributed by atoms with Gasteiger partial charge in [-0.05, 0) is 24.6 Å². The Morgan fingerprint density at radius 3 is 1.76 bits per heavy atom. The summed E-state index contributed by atoms with van der Waals surface area (Å²) in [5.74, 6) is -1.04. The molecule has 0 radical (unpaired) electrons. The van der Waals surface area contributed by atoms with Gasteiger partial charge in [-0.2, -0.15) is 0 Å². The molecule has 2 nitrogen and oxygen atoms in total. The van der Waals surface area contributed by atoms with Gasteiger partial charge in [-0.15, -0.1) is 0 Å². The summed E-state index contributed by atoms with van der Waals surface area (Å²) in [4.78, 5) is 10.6. The number of hydrogen-bond donors (Lipinski definition) is 1. The van der Waals surface area contributed by atoms with E-state index in [1.54, 1.807) is 6.92 Å². The highest BCUT2D eigenvalue weighted by Crippen LogP contribution is 2.08. The van der Waals surface area contributed by atoms with Crippen molar-refractivity contribution in [3.63, 3.8) is 0 Å². The maximum atomic E-state index is 12.5. The minimum absolute atomic E-state index is 0.241. The van der Waals surface area contributed by atoms with Crippen molar-refractivity contribution in [2.24, 2.45) is 5.73 Å². The second kappa shape index (κ2) is 14.2. The third kappa shape index (κ3) is 9.15. The van der Waals surface area contributed by atoms with Gasteiger partial charge in [0.05, 0.1) is 0 Å². The highest BCUT2D eigenvalue weighted by atomic mass is 20.0. The van der Waals surface area contributed by atoms with Gasteiger partial charge in [-0.1, -0.05) is 6.07 Å². The minimum Gasteiger partial charge on any atom is -0.366 e. The molecule has 0 atom stereocenters. The smallest absolute Gasteiger partial charge is 0.249 e. The molecule has 9 heteroatoms. The van der Waals surface area contributed by atoms with Crippen LogP contribution in [0.25, 0.3) is 0 Å². The number of benzene rings is 1. The van der Waals surface area contributed by atoms with Crippen molar-refractivity contribution < 1.29 is 36.6 Å². The molecule has 0 heterocycles. The van der Waals surface area contributed by atoms with Crippen LogP contribution in [0.1, 0.15) is 15.9 Å². The molecule has 0 fully saturated rings. The van der Waals surface area contributed by atoms with E-state index < -0.39 is 11.7 Å². The van der Waals surface area contributed by atoms with E-state index in [0.29, 0.717) is 5.56 Å². The molecule has 0 aromatic heterocycles. The number of rotatable bonds is 1. The van der Waals surface area contributed by atoms with E-state index in [4.69, 9.17) is 33.2 Å². The summed E-state index contributed by atoms with van der Waals surface area (Å²) in [6, 6.07) is 3.95. The zero-order valence-electron chi connectivity index (χ0n) is 8.36. The quantitative estimate of drug-likeness (QED) is 0.773. The lowest BCUT2D eigenvalue weighted by Gasteiger charge is -1.99. The first kappa shape index (κ1) is 20.6. The van der Waals surface area contributed by atoms with Crippen LogP contribution in [0.3, 0.4) is 0 Å². The van der Waals surface area contributed by atoms with Crippen LogP contribution >= 0.6 is 0 Å². The lowest BCUT2D eigenvalue weighted by Crippen LogP contribution is -2.12. The maximum absolute atomic E-state index is 12.5. The Hall–Kier alpha value is -1.80. The van der Waals surface area contributed by atoms with Crippen LogP contribution < -0.4 is 5.73 Å². The highest BCUT2D eigenvalue weighted by Gasteiger charge is 2.04. The van der Waals surface area contributed by atoms with Crippen LogP contribution in [-0.2, 0) is 0 Å². The summed E-state index contributed by atoms with van der Waals surface area (Å²) in [7, 11) is 0. The third-order valence-corrected chi connectivity index (χ3v) is 1.47. The zero-order chi connectivity index (χ0) is 14.4. The third-order valence-electron chi connectivity index (χ3n) is 1.47. The number of carbonyl (C=O) groups is 1. The van der Waals surface area contributed by atoms with Gasteiger partial charge in [-0.25, -0.2) is 4.39 Å². The minimum atomic E-state index is -0.595. The van der Waals surface area contributed by atoms with Crippen molar-refractivity contribution in [2.45, 2.75) is 6.92 Å². The topological polar surface area (TPSA) is 43.1 Å². The van der Waals surface area contributed by atoms with E-state index in [9.17, 15) is 9.18 Å². The fraction of sp³-hybridized carbons (Fsp3) is 0.125. The Balaban J connectivity index is -0.000000285. The molecule has 100 valence electrons. The molecule has 0 aliphatic rings. The predicted molar refractivity (Wildman–Crippen MR) is 46.3 cm³/mol. The van der Waals surface area contributed by atoms with E-state index >= 15 is 0 Å². The molecule has 0 aliphatic heterocycles. The van der Waals surface area contributed by atoms with Crippen molar-refractivity contribution in [3.8, 4) is 0 Å². The molecule has 0 aliphatic carbocycles. The number of hydrogen-bond acceptors (Lipinski definition) is 1. The van der Waals surface area contributed by atoms with Crippen molar-refractivity contribution in [3.05, 3.63) is 35.1 Å². The van der Waals surface area contributed by atoms with Crippen molar-refractivity contribution in [1.82, 2.24) is 0 Å². The Morgan fingerprint density at radius 1 is 1.06 bits per heavy atom. The van der Waals surface area contributed by atoms with E-state index in [2.05, 4.69) is 0 Å². The molecule has 0 bridgehead atoms. The predicted octanol–water partition coefficient (Wildman–Crippen LogP) is 3.75. The summed E-state index contributed by atoms with van der Waals surface area (Å²) in [6.45, 7) is 1.71. The van der Waals surface area contributed by atoms with Gasteiger partial charge in [0.1, 0.15) is 5.82 Å². The van der Waals surface area contributed by atoms with Crippen LogP contribution in [0.4, 0.5) is 31.8 Å². The maximum Gasteiger partial charge on any atom is 0.249 e. The van der Waals surface area contributed by atoms with Crippen molar-refractivity contribution >= 4 is 5.91 Å². The molecule has 1 aromatic rings. The van der Waals surface area contributed by atoms with Crippen molar-refractivity contribution in [2.75, 3.05) is 0 Å². The van der Waals surface area contributed by atoms with Crippen molar-refractivity contribution in [1.29, 1.82) is 0 Å². The lowest BCUT2D eigenvalue weighted by atomic mass is 10.1. The molecule has 2 N–H and O–H groups in total. The first-order chi connectivity index (χ1) is 8.11. The molecule has 0 unspecified atom stereocenters. The van der Waals surface area contributed by atoms with E-state index in [-0.39, 0.29) is 5.56 Å². The Morgan fingerprint density at radius 2 is 1.47 bits per heavy atom. The standard InChI is InChI=1S/C8H8FNO.3F2/c1-5-2-3-6(9)4-7(5)8(10)11;3*1-2/h2-4H,1H3,(H2,10,11);;;. The number of amides is 1. The number of aryl methyl sites for hydroxylation is 1. The molecular weight excluding hydrogens is 259 g/mol. The number of carbonyl (C=O) groups excluding carboxylic acids is 1. The average molecular weight is 267 g/mol. The normalized spacial score (nSPS) is 7.29. The van der Waals surface area contributed by atoms with Crippen LogP contribution in [0.15, 0.2) is 18.2 Å². The molecule has 0 saturated carbocycles. The molecule has 0 saturated heterocycles. The second-order valence-electron chi connectivity index (χ2n) is 2.32. The number of halogens is 7. The van der Waals surface area contributed by atoms with Gasteiger partial charge in [0, 0.05) is 33.0 Å². The number of nitrogens with two attached hydrogens (primary N) is 1. The summed E-state index contributed by atoms with van der Waals surface area (Å²) in [5, 5.41) is 0. The van der Waals surface area contributed by atoms with Crippen LogP contribution in [0, 0.1) is 12.7 Å². The van der Waals surface area contributed by atoms with E-state index in [1.165, 1.54) is 12.1 Å². The van der Waals surface area contributed by atoms with Crippen LogP contribution in [-0.4, -0.2) is 5.91 Å². The summed E-state index contributed by atoms with van der Waals surface area (Å²) >= 11 is 0. The van der Waals surface area contributed by atoms with Gasteiger partial charge >= 0.3 is 0 Å². The first-order valence-corrected chi connectivity index (χ1v) is 3.60. The molecule has 1 aromatic carbocycles. The fourth-order valence-corrected chi connectivity index (χ4v) is 0.860. The Kier molecular flexibility index (Phi) is 17.2.